The van der Waals surface area contributed by atoms with Crippen molar-refractivity contribution >= 4 is 49.6 Å². The second-order valence-electron chi connectivity index (χ2n) is 5.83. The van der Waals surface area contributed by atoms with E-state index in [0.717, 1.165) is 11.3 Å². The lowest BCUT2D eigenvalue weighted by molar-refractivity contribution is 0.0956. The van der Waals surface area contributed by atoms with E-state index in [4.69, 9.17) is 11.6 Å². The number of hydrogen-bond donors (Lipinski definition) is 1. The summed E-state index contributed by atoms with van der Waals surface area (Å²) in [6.07, 6.45) is 0.883. The average molecular weight is 316 g/mol. The molecule has 2 heterocycles. The molecule has 1 N–H and O–H groups in total. The molecule has 2 nitrogen and oxygen atoms in total. The van der Waals surface area contributed by atoms with Gasteiger partial charge in [0.05, 0.1) is 10.3 Å². The summed E-state index contributed by atoms with van der Waals surface area (Å²) in [5.74, 6) is -0.0204. The second kappa shape index (κ2) is 5.81. The summed E-state index contributed by atoms with van der Waals surface area (Å²) in [5, 5.41) is 4.94. The molecule has 0 aliphatic heterocycles. The van der Waals surface area contributed by atoms with Crippen LogP contribution >= 0.6 is 34.3 Å². The molecule has 2 rings (SSSR count). The van der Waals surface area contributed by atoms with Gasteiger partial charge in [0.1, 0.15) is 0 Å². The summed E-state index contributed by atoms with van der Waals surface area (Å²) < 4.78 is 2.35. The third-order valence-corrected chi connectivity index (χ3v) is 5.08. The molecule has 0 aliphatic carbocycles. The molecule has 0 radical (unpaired) electrons. The largest absolute Gasteiger partial charge is 0.350 e. The molecule has 1 unspecified atom stereocenters. The predicted molar refractivity (Wildman–Crippen MR) is 85.7 cm³/mol. The van der Waals surface area contributed by atoms with Gasteiger partial charge in [0, 0.05) is 15.9 Å². The number of nitrogens with one attached hydrogen (secondary N) is 1. The number of fused-ring (bicyclic) bond motifs is 1. The van der Waals surface area contributed by atoms with E-state index in [1.54, 1.807) is 11.3 Å². The van der Waals surface area contributed by atoms with Gasteiger partial charge >= 0.3 is 0 Å². The maximum atomic E-state index is 12.0. The summed E-state index contributed by atoms with van der Waals surface area (Å²) in [7, 11) is 0. The topological polar surface area (TPSA) is 29.1 Å². The number of halogens is 1. The van der Waals surface area contributed by atoms with Crippen LogP contribution in [0.1, 0.15) is 36.9 Å². The molecule has 5 heteroatoms. The van der Waals surface area contributed by atoms with Gasteiger partial charge < -0.3 is 5.32 Å². The Morgan fingerprint density at radius 2 is 2.16 bits per heavy atom. The third kappa shape index (κ3) is 4.20. The molecule has 0 spiro atoms. The van der Waals surface area contributed by atoms with E-state index >= 15 is 0 Å². The average Bonchev–Trinajstić information content (AvgIpc) is 2.83. The van der Waals surface area contributed by atoms with Crippen LogP contribution in [0.5, 0.6) is 0 Å². The highest BCUT2D eigenvalue weighted by Crippen LogP contribution is 2.30. The zero-order valence-electron chi connectivity index (χ0n) is 11.3. The van der Waals surface area contributed by atoms with E-state index in [-0.39, 0.29) is 16.7 Å². The Hall–Kier alpha value is -0.580. The maximum absolute atomic E-state index is 12.0. The van der Waals surface area contributed by atoms with Crippen molar-refractivity contribution in [2.75, 3.05) is 6.54 Å². The molecule has 19 heavy (non-hydrogen) atoms. The van der Waals surface area contributed by atoms with Gasteiger partial charge in [-0.2, -0.15) is 0 Å². The van der Waals surface area contributed by atoms with Gasteiger partial charge in [-0.15, -0.1) is 34.3 Å². The molecule has 2 aromatic heterocycles. The van der Waals surface area contributed by atoms with Crippen LogP contribution in [0.2, 0.25) is 0 Å². The van der Waals surface area contributed by atoms with Crippen molar-refractivity contribution in [2.24, 2.45) is 5.41 Å². The number of rotatable bonds is 4. The molecule has 0 aliphatic rings. The lowest BCUT2D eigenvalue weighted by Gasteiger charge is -2.21. The van der Waals surface area contributed by atoms with E-state index < -0.39 is 0 Å². The Morgan fingerprint density at radius 3 is 2.79 bits per heavy atom. The predicted octanol–water partition coefficient (Wildman–Crippen LogP) is 4.74. The first-order valence-corrected chi connectivity index (χ1v) is 8.38. The fourth-order valence-electron chi connectivity index (χ4n) is 1.90. The summed E-state index contributed by atoms with van der Waals surface area (Å²) in [6, 6.07) is 4.00. The zero-order valence-corrected chi connectivity index (χ0v) is 13.7. The minimum absolute atomic E-state index is 0.0204. The van der Waals surface area contributed by atoms with Gasteiger partial charge in [0.2, 0.25) is 0 Å². The molecular formula is C14H18ClNOS2. The van der Waals surface area contributed by atoms with Crippen LogP contribution in [0, 0.1) is 5.41 Å². The van der Waals surface area contributed by atoms with Crippen molar-refractivity contribution < 1.29 is 4.79 Å². The van der Waals surface area contributed by atoms with Gasteiger partial charge in [-0.25, -0.2) is 0 Å². The highest BCUT2D eigenvalue weighted by Gasteiger charge is 2.18. The van der Waals surface area contributed by atoms with E-state index in [1.807, 2.05) is 17.5 Å². The molecule has 1 atom stereocenters. The first-order valence-electron chi connectivity index (χ1n) is 6.24. The minimum atomic E-state index is -0.0231. The van der Waals surface area contributed by atoms with Crippen LogP contribution in [0.15, 0.2) is 17.5 Å². The highest BCUT2D eigenvalue weighted by atomic mass is 35.5. The van der Waals surface area contributed by atoms with Crippen LogP contribution < -0.4 is 5.32 Å². The van der Waals surface area contributed by atoms with Crippen LogP contribution in [0.25, 0.3) is 9.40 Å². The zero-order chi connectivity index (χ0) is 14.0. The van der Waals surface area contributed by atoms with Gasteiger partial charge in [-0.1, -0.05) is 20.8 Å². The standard InChI is InChI=1S/C14H18ClNOS2/c1-14(2,3)7-9(15)8-16-13(17)12-6-11-10(19-12)4-5-18-11/h4-6,9H,7-8H2,1-3H3,(H,16,17). The van der Waals surface area contributed by atoms with E-state index in [9.17, 15) is 4.79 Å². The van der Waals surface area contributed by atoms with E-state index in [0.29, 0.717) is 6.54 Å². The molecule has 0 bridgehead atoms. The van der Waals surface area contributed by atoms with Crippen LogP contribution in [-0.2, 0) is 0 Å². The molecule has 0 fully saturated rings. The van der Waals surface area contributed by atoms with Crippen molar-refractivity contribution in [1.82, 2.24) is 5.32 Å². The normalized spacial score (nSPS) is 13.7. The van der Waals surface area contributed by atoms with Gasteiger partial charge in [-0.3, -0.25) is 4.79 Å². The number of amides is 1. The number of alkyl halides is 1. The molecule has 1 amide bonds. The van der Waals surface area contributed by atoms with Gasteiger partial charge in [-0.05, 0) is 29.3 Å². The van der Waals surface area contributed by atoms with Crippen molar-refractivity contribution in [3.8, 4) is 0 Å². The van der Waals surface area contributed by atoms with Gasteiger partial charge in [0.25, 0.3) is 5.91 Å². The first-order chi connectivity index (χ1) is 8.85. The summed E-state index contributed by atoms with van der Waals surface area (Å²) in [5.41, 5.74) is 0.183. The number of thiophene rings is 2. The summed E-state index contributed by atoms with van der Waals surface area (Å²) in [6.45, 7) is 6.97. The number of hydrogen-bond acceptors (Lipinski definition) is 3. The Labute approximate surface area is 126 Å². The van der Waals surface area contributed by atoms with Crippen molar-refractivity contribution in [1.29, 1.82) is 0 Å². The van der Waals surface area contributed by atoms with Crippen molar-refractivity contribution in [2.45, 2.75) is 32.6 Å². The van der Waals surface area contributed by atoms with Crippen LogP contribution in [0.4, 0.5) is 0 Å². The monoisotopic (exact) mass is 315 g/mol. The lowest BCUT2D eigenvalue weighted by atomic mass is 9.90. The molecule has 104 valence electrons. The SMILES string of the molecule is CC(C)(C)CC(Cl)CNC(=O)c1cc2sccc2s1. The molecule has 0 aromatic carbocycles. The number of carbonyl (C=O) groups excluding carboxylic acids is 1. The summed E-state index contributed by atoms with van der Waals surface area (Å²) in [4.78, 5) is 12.8. The Bertz CT molecular complexity index is 539. The highest BCUT2D eigenvalue weighted by molar-refractivity contribution is 7.27. The van der Waals surface area contributed by atoms with Gasteiger partial charge in [0.15, 0.2) is 0 Å². The van der Waals surface area contributed by atoms with E-state index in [1.165, 1.54) is 20.7 Å². The quantitative estimate of drug-likeness (QED) is 0.811. The second-order valence-corrected chi connectivity index (χ2v) is 8.48. The molecule has 0 saturated carbocycles. The third-order valence-electron chi connectivity index (χ3n) is 2.68. The van der Waals surface area contributed by atoms with Crippen LogP contribution in [-0.4, -0.2) is 17.8 Å². The maximum Gasteiger partial charge on any atom is 0.261 e. The fraction of sp³-hybridized carbons (Fsp3) is 0.500. The first kappa shape index (κ1) is 14.8. The Kier molecular flexibility index (Phi) is 4.54. The molecular weight excluding hydrogens is 298 g/mol. The van der Waals surface area contributed by atoms with Crippen LogP contribution in [0.3, 0.4) is 0 Å². The smallest absolute Gasteiger partial charge is 0.261 e. The molecule has 0 saturated heterocycles. The lowest BCUT2D eigenvalue weighted by Crippen LogP contribution is -2.31. The van der Waals surface area contributed by atoms with Crippen molar-refractivity contribution in [3.05, 3.63) is 22.4 Å². The fourth-order valence-corrected chi connectivity index (χ4v) is 4.47. The van der Waals surface area contributed by atoms with Crippen molar-refractivity contribution in [3.63, 3.8) is 0 Å². The minimum Gasteiger partial charge on any atom is -0.350 e. The number of carbonyl (C=O) groups is 1. The Balaban J connectivity index is 1.89. The van der Waals surface area contributed by atoms with E-state index in [2.05, 4.69) is 26.1 Å². The Morgan fingerprint density at radius 1 is 1.42 bits per heavy atom. The molecule has 2 aromatic rings. The summed E-state index contributed by atoms with van der Waals surface area (Å²) >= 11 is 9.44.